The molecule has 2 N–H and O–H groups in total. The molecule has 0 saturated carbocycles. The molecule has 5 nitrogen and oxygen atoms in total. The summed E-state index contributed by atoms with van der Waals surface area (Å²) in [7, 11) is 1.57. The van der Waals surface area contributed by atoms with Crippen LogP contribution in [0.15, 0.2) is 42.5 Å². The highest BCUT2D eigenvalue weighted by molar-refractivity contribution is 5.94. The van der Waals surface area contributed by atoms with Crippen LogP contribution < -0.4 is 15.4 Å². The molecule has 0 spiro atoms. The Morgan fingerprint density at radius 3 is 2.56 bits per heavy atom. The smallest absolute Gasteiger partial charge is 0.251 e. The molecule has 0 fully saturated rings. The van der Waals surface area contributed by atoms with Gasteiger partial charge in [0.15, 0.2) is 0 Å². The fraction of sp³-hybridized carbons (Fsp3) is 0.263. The van der Waals surface area contributed by atoms with E-state index in [0.717, 1.165) is 5.56 Å². The van der Waals surface area contributed by atoms with E-state index in [0.29, 0.717) is 17.9 Å². The van der Waals surface area contributed by atoms with Crippen LogP contribution in [0.4, 0.5) is 4.39 Å². The Balaban J connectivity index is 1.73. The van der Waals surface area contributed by atoms with Crippen molar-refractivity contribution < 1.29 is 18.7 Å². The number of rotatable bonds is 7. The van der Waals surface area contributed by atoms with Crippen molar-refractivity contribution in [2.75, 3.05) is 20.2 Å². The lowest BCUT2D eigenvalue weighted by molar-refractivity contribution is -0.120. The minimum Gasteiger partial charge on any atom is -0.497 e. The lowest BCUT2D eigenvalue weighted by Crippen LogP contribution is -2.35. The van der Waals surface area contributed by atoms with Crippen molar-refractivity contribution in [3.05, 3.63) is 65.0 Å². The summed E-state index contributed by atoms with van der Waals surface area (Å²) < 4.78 is 18.6. The lowest BCUT2D eigenvalue weighted by atomic mass is 10.1. The Bertz CT molecular complexity index is 762. The van der Waals surface area contributed by atoms with Crippen LogP contribution in [0.1, 0.15) is 21.5 Å². The molecule has 2 rings (SSSR count). The second-order valence-electron chi connectivity index (χ2n) is 5.60. The van der Waals surface area contributed by atoms with E-state index >= 15 is 0 Å². The van der Waals surface area contributed by atoms with Crippen molar-refractivity contribution in [1.29, 1.82) is 0 Å². The molecule has 0 saturated heterocycles. The van der Waals surface area contributed by atoms with E-state index in [4.69, 9.17) is 4.74 Å². The first-order valence-electron chi connectivity index (χ1n) is 7.93. The van der Waals surface area contributed by atoms with Gasteiger partial charge in [0.25, 0.3) is 5.91 Å². The number of carbonyl (C=O) groups excluding carboxylic acids is 2. The molecule has 0 atom stereocenters. The van der Waals surface area contributed by atoms with Crippen LogP contribution in [0, 0.1) is 12.7 Å². The fourth-order valence-corrected chi connectivity index (χ4v) is 2.24. The van der Waals surface area contributed by atoms with Crippen LogP contribution in [0.5, 0.6) is 5.75 Å². The molecule has 0 aliphatic heterocycles. The first-order valence-corrected chi connectivity index (χ1v) is 7.93. The van der Waals surface area contributed by atoms with Gasteiger partial charge in [-0.3, -0.25) is 9.59 Å². The van der Waals surface area contributed by atoms with Crippen LogP contribution in [0.2, 0.25) is 0 Å². The Labute approximate surface area is 146 Å². The summed E-state index contributed by atoms with van der Waals surface area (Å²) in [6.07, 6.45) is 0.230. The Hall–Kier alpha value is -2.89. The predicted molar refractivity (Wildman–Crippen MR) is 93.2 cm³/mol. The van der Waals surface area contributed by atoms with Gasteiger partial charge in [-0.2, -0.15) is 0 Å². The predicted octanol–water partition coefficient (Wildman–Crippen LogP) is 2.23. The van der Waals surface area contributed by atoms with Gasteiger partial charge in [0.2, 0.25) is 5.91 Å². The largest absolute Gasteiger partial charge is 0.497 e. The molecule has 0 heterocycles. The molecule has 0 radical (unpaired) electrons. The SMILES string of the molecule is COc1cccc(CC(=O)NCCNC(=O)c2ccc(C)c(F)c2)c1. The Kier molecular flexibility index (Phi) is 6.51. The topological polar surface area (TPSA) is 67.4 Å². The molecule has 2 aromatic carbocycles. The molecule has 2 amide bonds. The quantitative estimate of drug-likeness (QED) is 0.757. The highest BCUT2D eigenvalue weighted by atomic mass is 19.1. The Morgan fingerprint density at radius 2 is 1.84 bits per heavy atom. The summed E-state index contributed by atoms with van der Waals surface area (Å²) in [6, 6.07) is 11.6. The number of carbonyl (C=O) groups is 2. The number of ether oxygens (including phenoxy) is 1. The number of methoxy groups -OCH3 is 1. The monoisotopic (exact) mass is 344 g/mol. The third-order valence-electron chi connectivity index (χ3n) is 3.67. The third kappa shape index (κ3) is 5.60. The number of aryl methyl sites for hydroxylation is 1. The molecule has 0 unspecified atom stereocenters. The molecule has 0 aromatic heterocycles. The first-order chi connectivity index (χ1) is 12.0. The van der Waals surface area contributed by atoms with Gasteiger partial charge in [-0.15, -0.1) is 0 Å². The molecule has 2 aromatic rings. The maximum atomic E-state index is 13.4. The first kappa shape index (κ1) is 18.4. The van der Waals surface area contributed by atoms with Crippen molar-refractivity contribution in [1.82, 2.24) is 10.6 Å². The van der Waals surface area contributed by atoms with Gasteiger partial charge in [0.05, 0.1) is 13.5 Å². The minimum atomic E-state index is -0.417. The highest BCUT2D eigenvalue weighted by Gasteiger charge is 2.08. The maximum absolute atomic E-state index is 13.4. The second kappa shape index (κ2) is 8.82. The van der Waals surface area contributed by atoms with Gasteiger partial charge in [-0.25, -0.2) is 4.39 Å². The van der Waals surface area contributed by atoms with Crippen LogP contribution >= 0.6 is 0 Å². The third-order valence-corrected chi connectivity index (χ3v) is 3.67. The van der Waals surface area contributed by atoms with E-state index in [2.05, 4.69) is 10.6 Å². The van der Waals surface area contributed by atoms with Crippen molar-refractivity contribution in [2.45, 2.75) is 13.3 Å². The van der Waals surface area contributed by atoms with E-state index in [-0.39, 0.29) is 30.3 Å². The normalized spacial score (nSPS) is 10.2. The highest BCUT2D eigenvalue weighted by Crippen LogP contribution is 2.12. The summed E-state index contributed by atoms with van der Waals surface area (Å²) in [5.41, 5.74) is 1.59. The summed E-state index contributed by atoms with van der Waals surface area (Å²) in [5.74, 6) is -0.244. The van der Waals surface area contributed by atoms with E-state index in [1.165, 1.54) is 6.07 Å². The average Bonchev–Trinajstić information content (AvgIpc) is 2.61. The van der Waals surface area contributed by atoms with Crippen LogP contribution in [-0.2, 0) is 11.2 Å². The number of nitrogens with one attached hydrogen (secondary N) is 2. The number of amides is 2. The molecule has 0 aliphatic carbocycles. The molecule has 0 bridgehead atoms. The Morgan fingerprint density at radius 1 is 1.08 bits per heavy atom. The standard InChI is InChI=1S/C19H21FN2O3/c1-13-6-7-15(12-17(13)20)19(24)22-9-8-21-18(23)11-14-4-3-5-16(10-14)25-2/h3-7,10,12H,8-9,11H2,1-2H3,(H,21,23)(H,22,24). The van der Waals surface area contributed by atoms with Gasteiger partial charge in [-0.1, -0.05) is 18.2 Å². The van der Waals surface area contributed by atoms with Gasteiger partial charge in [-0.05, 0) is 42.3 Å². The summed E-state index contributed by atoms with van der Waals surface area (Å²) in [6.45, 7) is 2.19. The zero-order valence-electron chi connectivity index (χ0n) is 14.3. The summed E-state index contributed by atoms with van der Waals surface area (Å²) >= 11 is 0. The molecule has 132 valence electrons. The second-order valence-corrected chi connectivity index (χ2v) is 5.60. The number of halogens is 1. The van der Waals surface area contributed by atoms with Crippen molar-refractivity contribution in [3.8, 4) is 5.75 Å². The molecular weight excluding hydrogens is 323 g/mol. The van der Waals surface area contributed by atoms with Crippen molar-refractivity contribution in [3.63, 3.8) is 0 Å². The van der Waals surface area contributed by atoms with Crippen molar-refractivity contribution >= 4 is 11.8 Å². The van der Waals surface area contributed by atoms with Gasteiger partial charge in [0.1, 0.15) is 11.6 Å². The number of hydrogen-bond acceptors (Lipinski definition) is 3. The molecular formula is C19H21FN2O3. The van der Waals surface area contributed by atoms with Crippen LogP contribution in [0.25, 0.3) is 0 Å². The maximum Gasteiger partial charge on any atom is 0.251 e. The van der Waals surface area contributed by atoms with Crippen molar-refractivity contribution in [2.24, 2.45) is 0 Å². The molecule has 0 aliphatic rings. The van der Waals surface area contributed by atoms with Gasteiger partial charge in [0, 0.05) is 18.7 Å². The number of benzene rings is 2. The summed E-state index contributed by atoms with van der Waals surface area (Å²) in [4.78, 5) is 23.8. The average molecular weight is 344 g/mol. The van der Waals surface area contributed by atoms with Crippen LogP contribution in [0.3, 0.4) is 0 Å². The zero-order chi connectivity index (χ0) is 18.2. The van der Waals surface area contributed by atoms with E-state index in [9.17, 15) is 14.0 Å². The molecule has 6 heteroatoms. The van der Waals surface area contributed by atoms with E-state index in [1.54, 1.807) is 32.2 Å². The lowest BCUT2D eigenvalue weighted by Gasteiger charge is -2.08. The zero-order valence-corrected chi connectivity index (χ0v) is 14.3. The van der Waals surface area contributed by atoms with Gasteiger partial charge >= 0.3 is 0 Å². The van der Waals surface area contributed by atoms with Gasteiger partial charge < -0.3 is 15.4 Å². The minimum absolute atomic E-state index is 0.149. The summed E-state index contributed by atoms with van der Waals surface area (Å²) in [5, 5.41) is 5.37. The molecule has 25 heavy (non-hydrogen) atoms. The van der Waals surface area contributed by atoms with Crippen LogP contribution in [-0.4, -0.2) is 32.0 Å². The number of hydrogen-bond donors (Lipinski definition) is 2. The van der Waals surface area contributed by atoms with E-state index in [1.807, 2.05) is 18.2 Å². The van der Waals surface area contributed by atoms with E-state index < -0.39 is 5.82 Å². The fourth-order valence-electron chi connectivity index (χ4n) is 2.24.